The quantitative estimate of drug-likeness (QED) is 0.167. The number of aromatic nitrogens is 2. The van der Waals surface area contributed by atoms with E-state index in [1.807, 2.05) is 0 Å². The minimum Gasteiger partial charge on any atom is -0.243 e. The molecule has 13 rings (SSSR count). The minimum atomic E-state index is 0.0588. The predicted octanol–water partition coefficient (Wildman–Crippen LogP) is 16.9. The van der Waals surface area contributed by atoms with Gasteiger partial charge in [0.1, 0.15) is 0 Å². The Morgan fingerprint density at radius 1 is 0.242 bits per heavy atom. The van der Waals surface area contributed by atoms with Gasteiger partial charge in [0.2, 0.25) is 0 Å². The zero-order valence-corrected chi connectivity index (χ0v) is 37.4. The van der Waals surface area contributed by atoms with Gasteiger partial charge in [0.25, 0.3) is 0 Å². The molecule has 0 N–H and O–H groups in total. The average Bonchev–Trinajstić information content (AvgIpc) is 3.80. The summed E-state index contributed by atoms with van der Waals surface area (Å²) in [5.74, 6) is 0. The molecule has 2 nitrogen and oxygen atoms in total. The third-order valence-corrected chi connectivity index (χ3v) is 15.9. The maximum Gasteiger partial charge on any atom is 0.0973 e. The van der Waals surface area contributed by atoms with Crippen LogP contribution in [-0.2, 0) is 10.8 Å². The van der Waals surface area contributed by atoms with Crippen LogP contribution in [0.2, 0.25) is 0 Å². The molecule has 4 aliphatic carbocycles. The lowest BCUT2D eigenvalue weighted by Gasteiger charge is -2.37. The average molecular weight is 849 g/mol. The Hall–Kier alpha value is -7.16. The normalized spacial score (nSPS) is 16.1. The molecule has 2 saturated carbocycles. The molecule has 0 bridgehead atoms. The lowest BCUT2D eigenvalue weighted by molar-refractivity contribution is 0.350. The van der Waals surface area contributed by atoms with Gasteiger partial charge < -0.3 is 0 Å². The van der Waals surface area contributed by atoms with E-state index < -0.39 is 0 Å². The fourth-order valence-electron chi connectivity index (χ4n) is 12.8. The molecule has 0 atom stereocenters. The van der Waals surface area contributed by atoms with Crippen molar-refractivity contribution in [3.63, 3.8) is 0 Å². The highest BCUT2D eigenvalue weighted by molar-refractivity contribution is 5.92. The summed E-state index contributed by atoms with van der Waals surface area (Å²) in [6, 6.07) is 71.8. The summed E-state index contributed by atoms with van der Waals surface area (Å²) in [4.78, 5) is 11.0. The van der Waals surface area contributed by atoms with E-state index >= 15 is 0 Å². The Labute approximate surface area is 389 Å². The number of rotatable bonds is 6. The van der Waals surface area contributed by atoms with Crippen molar-refractivity contribution in [1.29, 1.82) is 0 Å². The third kappa shape index (κ3) is 6.22. The molecular weight excluding hydrogens is 797 g/mol. The van der Waals surface area contributed by atoms with E-state index in [-0.39, 0.29) is 10.8 Å². The van der Waals surface area contributed by atoms with Crippen LogP contribution in [-0.4, -0.2) is 9.97 Å². The maximum absolute atomic E-state index is 5.55. The molecule has 9 aromatic rings. The highest BCUT2D eigenvalue weighted by atomic mass is 14.9. The van der Waals surface area contributed by atoms with E-state index in [0.717, 1.165) is 50.6 Å². The lowest BCUT2D eigenvalue weighted by atomic mass is 9.66. The Morgan fingerprint density at radius 2 is 0.606 bits per heavy atom. The number of nitrogens with zero attached hydrogens (tertiary/aromatic N) is 2. The molecule has 4 aliphatic rings. The molecule has 318 valence electrons. The molecule has 1 heterocycles. The summed E-state index contributed by atoms with van der Waals surface area (Å²) in [5, 5.41) is 0. The van der Waals surface area contributed by atoms with Gasteiger partial charge in [0.05, 0.1) is 22.8 Å². The third-order valence-electron chi connectivity index (χ3n) is 15.9. The zero-order chi connectivity index (χ0) is 43.7. The van der Waals surface area contributed by atoms with Gasteiger partial charge in [-0.3, -0.25) is 0 Å². The van der Waals surface area contributed by atoms with Gasteiger partial charge in [-0.25, -0.2) is 9.97 Å². The Morgan fingerprint density at radius 3 is 1.12 bits per heavy atom. The standard InChI is InChI=1S/C64H52N2/c1-6-20-43(21-7-1)59-60(44-22-8-2-9-23-44)66-62(61(65-59)45-24-10-3-11-25-45)50-29-19-28-48(39-50)46-26-18-27-47(38-46)49-32-33-52-54-42-57-53(41-58(54)64(56(52)40-49)36-16-5-17-37-64)51-30-12-13-31-55(51)63(57)34-14-4-15-35-63/h1-3,6-13,18-33,38-42H,4-5,14-17,34-37H2. The number of benzene rings is 8. The molecule has 8 aromatic carbocycles. The van der Waals surface area contributed by atoms with E-state index in [9.17, 15) is 0 Å². The van der Waals surface area contributed by atoms with E-state index in [1.54, 1.807) is 22.3 Å². The Bertz CT molecular complexity index is 3300. The first kappa shape index (κ1) is 39.2. The van der Waals surface area contributed by atoms with Crippen LogP contribution >= 0.6 is 0 Å². The molecule has 2 fully saturated rings. The van der Waals surface area contributed by atoms with Gasteiger partial charge in [-0.1, -0.05) is 202 Å². The van der Waals surface area contributed by atoms with Crippen LogP contribution < -0.4 is 0 Å². The molecule has 2 heteroatoms. The Balaban J connectivity index is 0.911. The minimum absolute atomic E-state index is 0.0588. The van der Waals surface area contributed by atoms with Gasteiger partial charge in [0.15, 0.2) is 0 Å². The van der Waals surface area contributed by atoms with Gasteiger partial charge in [-0.05, 0) is 123 Å². The SMILES string of the molecule is c1ccc(-c2nc(-c3ccccc3)c(-c3cccc(-c4cccc(-c5ccc6c(c5)C5(CCCCC5)c5cc7c(cc5-6)C5(CCCCC5)c5ccccc5-7)c4)c3)nc2-c2ccccc2)cc1. The monoisotopic (exact) mass is 848 g/mol. The molecule has 0 saturated heterocycles. The summed E-state index contributed by atoms with van der Waals surface area (Å²) in [6.45, 7) is 0. The molecule has 2 spiro atoms. The summed E-state index contributed by atoms with van der Waals surface area (Å²) < 4.78 is 0. The van der Waals surface area contributed by atoms with Crippen molar-refractivity contribution in [3.8, 4) is 89.5 Å². The molecule has 0 amide bonds. The first-order valence-electron chi connectivity index (χ1n) is 24.4. The second-order valence-corrected chi connectivity index (χ2v) is 19.4. The number of hydrogen-bond donors (Lipinski definition) is 0. The Kier molecular flexibility index (Phi) is 9.38. The largest absolute Gasteiger partial charge is 0.243 e. The highest BCUT2D eigenvalue weighted by Gasteiger charge is 2.49. The van der Waals surface area contributed by atoms with Crippen LogP contribution in [0.4, 0.5) is 0 Å². The smallest absolute Gasteiger partial charge is 0.0973 e. The van der Waals surface area contributed by atoms with Crippen molar-refractivity contribution in [2.24, 2.45) is 0 Å². The van der Waals surface area contributed by atoms with Gasteiger partial charge >= 0.3 is 0 Å². The van der Waals surface area contributed by atoms with Crippen LogP contribution in [0.25, 0.3) is 89.5 Å². The van der Waals surface area contributed by atoms with Crippen molar-refractivity contribution in [2.45, 2.75) is 75.0 Å². The molecule has 66 heavy (non-hydrogen) atoms. The van der Waals surface area contributed by atoms with Crippen molar-refractivity contribution >= 4 is 0 Å². The van der Waals surface area contributed by atoms with Crippen molar-refractivity contribution in [1.82, 2.24) is 9.97 Å². The van der Waals surface area contributed by atoms with Gasteiger partial charge in [0, 0.05) is 33.1 Å². The molecule has 0 aliphatic heterocycles. The summed E-state index contributed by atoms with van der Waals surface area (Å²) in [5.41, 5.74) is 25.1. The summed E-state index contributed by atoms with van der Waals surface area (Å²) in [7, 11) is 0. The first-order chi connectivity index (χ1) is 32.7. The fraction of sp³-hybridized carbons (Fsp3) is 0.188. The van der Waals surface area contributed by atoms with Crippen LogP contribution in [0.3, 0.4) is 0 Å². The summed E-state index contributed by atoms with van der Waals surface area (Å²) >= 11 is 0. The van der Waals surface area contributed by atoms with Gasteiger partial charge in [-0.2, -0.15) is 0 Å². The summed E-state index contributed by atoms with van der Waals surface area (Å²) in [6.07, 6.45) is 12.9. The van der Waals surface area contributed by atoms with Gasteiger partial charge in [-0.15, -0.1) is 0 Å². The first-order valence-corrected chi connectivity index (χ1v) is 24.4. The molecule has 0 unspecified atom stereocenters. The van der Waals surface area contributed by atoms with Crippen LogP contribution in [0, 0.1) is 0 Å². The van der Waals surface area contributed by atoms with Crippen molar-refractivity contribution < 1.29 is 0 Å². The highest BCUT2D eigenvalue weighted by Crippen LogP contribution is 2.62. The molecule has 0 radical (unpaired) electrons. The fourth-order valence-corrected chi connectivity index (χ4v) is 12.8. The number of fused-ring (bicyclic) bond motifs is 10. The van der Waals surface area contributed by atoms with Crippen molar-refractivity contribution in [2.75, 3.05) is 0 Å². The van der Waals surface area contributed by atoms with Crippen LogP contribution in [0.5, 0.6) is 0 Å². The topological polar surface area (TPSA) is 25.8 Å². The van der Waals surface area contributed by atoms with Crippen LogP contribution in [0.1, 0.15) is 86.5 Å². The van der Waals surface area contributed by atoms with E-state index in [1.165, 1.54) is 103 Å². The predicted molar refractivity (Wildman–Crippen MR) is 273 cm³/mol. The molecular formula is C64H52N2. The van der Waals surface area contributed by atoms with Crippen LogP contribution in [0.15, 0.2) is 194 Å². The van der Waals surface area contributed by atoms with Crippen molar-refractivity contribution in [3.05, 3.63) is 216 Å². The maximum atomic E-state index is 5.55. The zero-order valence-electron chi connectivity index (χ0n) is 37.4. The van der Waals surface area contributed by atoms with E-state index in [4.69, 9.17) is 9.97 Å². The van der Waals surface area contributed by atoms with E-state index in [0.29, 0.717) is 0 Å². The lowest BCUT2D eigenvalue weighted by Crippen LogP contribution is -2.29. The molecule has 1 aromatic heterocycles. The van der Waals surface area contributed by atoms with E-state index in [2.05, 4.69) is 194 Å². The second kappa shape index (κ2) is 15.8. The second-order valence-electron chi connectivity index (χ2n) is 19.4. The number of hydrogen-bond acceptors (Lipinski definition) is 2.